The molecular weight excluding hydrogens is 316 g/mol. The van der Waals surface area contributed by atoms with E-state index in [0.717, 1.165) is 25.7 Å². The van der Waals surface area contributed by atoms with Gasteiger partial charge in [-0.25, -0.2) is 0 Å². The molecule has 4 heteroatoms. The van der Waals surface area contributed by atoms with Crippen LogP contribution in [0.3, 0.4) is 0 Å². The van der Waals surface area contributed by atoms with Crippen LogP contribution in [-0.4, -0.2) is 31.3 Å². The van der Waals surface area contributed by atoms with Crippen molar-refractivity contribution in [3.8, 4) is 0 Å². The molecule has 1 aromatic rings. The minimum absolute atomic E-state index is 0.300. The van der Waals surface area contributed by atoms with Gasteiger partial charge in [-0.1, -0.05) is 22.0 Å². The predicted molar refractivity (Wildman–Crippen MR) is 86.2 cm³/mol. The molecule has 1 saturated carbocycles. The molecule has 0 aromatic heterocycles. The molecule has 2 atom stereocenters. The Morgan fingerprint density at radius 3 is 2.55 bits per heavy atom. The third-order valence-electron chi connectivity index (χ3n) is 3.98. The summed E-state index contributed by atoms with van der Waals surface area (Å²) in [5.74, 6) is 0. The summed E-state index contributed by atoms with van der Waals surface area (Å²) in [6.45, 7) is 7.19. The van der Waals surface area contributed by atoms with E-state index in [1.165, 1.54) is 28.6 Å². The summed E-state index contributed by atoms with van der Waals surface area (Å²) >= 11 is 3.72. The summed E-state index contributed by atoms with van der Waals surface area (Å²) in [5, 5.41) is 3.56. The van der Waals surface area contributed by atoms with Crippen molar-refractivity contribution in [3.05, 3.63) is 28.2 Å². The Hall–Kier alpha value is -0.580. The lowest BCUT2D eigenvalue weighted by molar-refractivity contribution is -0.00522. The average Bonchev–Trinajstić information content (AvgIpc) is 3.20. The zero-order chi connectivity index (χ0) is 14.1. The molecule has 110 valence electrons. The maximum absolute atomic E-state index is 5.80. The minimum atomic E-state index is 0.300. The number of ether oxygens (including phenoxy) is 1. The maximum Gasteiger partial charge on any atom is 0.0726 e. The summed E-state index contributed by atoms with van der Waals surface area (Å²) in [4.78, 5) is 2.42. The molecule has 3 rings (SSSR count). The standard InChI is InChI=1S/C16H23BrN2O/c1-11-9-19(10-12(2)20-11)15-6-3-13(16(17)7-15)8-18-14-4-5-14/h3,6-7,11-12,14,18H,4-5,8-10H2,1-2H3/t11-,12+. The highest BCUT2D eigenvalue weighted by Gasteiger charge is 2.23. The second kappa shape index (κ2) is 6.04. The van der Waals surface area contributed by atoms with Gasteiger partial charge in [0.25, 0.3) is 0 Å². The molecule has 0 spiro atoms. The Labute approximate surface area is 129 Å². The largest absolute Gasteiger partial charge is 0.372 e. The van der Waals surface area contributed by atoms with Gasteiger partial charge in [0.2, 0.25) is 0 Å². The van der Waals surface area contributed by atoms with E-state index >= 15 is 0 Å². The SMILES string of the molecule is C[C@@H]1CN(c2ccc(CNC3CC3)c(Br)c2)C[C@H](C)O1. The summed E-state index contributed by atoms with van der Waals surface area (Å²) in [6, 6.07) is 7.47. The zero-order valence-electron chi connectivity index (χ0n) is 12.2. The van der Waals surface area contributed by atoms with Gasteiger partial charge in [-0.2, -0.15) is 0 Å². The fraction of sp³-hybridized carbons (Fsp3) is 0.625. The summed E-state index contributed by atoms with van der Waals surface area (Å²) in [6.07, 6.45) is 3.26. The molecule has 0 bridgehead atoms. The van der Waals surface area contributed by atoms with Crippen LogP contribution in [0, 0.1) is 0 Å². The van der Waals surface area contributed by atoms with Crippen molar-refractivity contribution in [3.63, 3.8) is 0 Å². The topological polar surface area (TPSA) is 24.5 Å². The van der Waals surface area contributed by atoms with Gasteiger partial charge >= 0.3 is 0 Å². The van der Waals surface area contributed by atoms with Crippen molar-refractivity contribution in [2.45, 2.75) is 51.5 Å². The number of hydrogen-bond donors (Lipinski definition) is 1. The molecule has 3 nitrogen and oxygen atoms in total. The quantitative estimate of drug-likeness (QED) is 0.911. The van der Waals surface area contributed by atoms with E-state index in [9.17, 15) is 0 Å². The highest BCUT2D eigenvalue weighted by molar-refractivity contribution is 9.10. The number of nitrogens with one attached hydrogen (secondary N) is 1. The van der Waals surface area contributed by atoms with Crippen LogP contribution in [0.15, 0.2) is 22.7 Å². The molecule has 1 N–H and O–H groups in total. The highest BCUT2D eigenvalue weighted by Crippen LogP contribution is 2.27. The van der Waals surface area contributed by atoms with Gasteiger partial charge in [-0.15, -0.1) is 0 Å². The number of anilines is 1. The molecule has 20 heavy (non-hydrogen) atoms. The third-order valence-corrected chi connectivity index (χ3v) is 4.72. The molecule has 0 radical (unpaired) electrons. The summed E-state index contributed by atoms with van der Waals surface area (Å²) in [7, 11) is 0. The Morgan fingerprint density at radius 2 is 1.95 bits per heavy atom. The molecule has 0 amide bonds. The van der Waals surface area contributed by atoms with Crippen LogP contribution in [-0.2, 0) is 11.3 Å². The van der Waals surface area contributed by atoms with Crippen molar-refractivity contribution in [1.82, 2.24) is 5.32 Å². The van der Waals surface area contributed by atoms with E-state index < -0.39 is 0 Å². The maximum atomic E-state index is 5.80. The Kier molecular flexibility index (Phi) is 4.34. The van der Waals surface area contributed by atoms with Crippen molar-refractivity contribution in [2.75, 3.05) is 18.0 Å². The Balaban J connectivity index is 1.68. The lowest BCUT2D eigenvalue weighted by Crippen LogP contribution is -2.45. The van der Waals surface area contributed by atoms with Crippen molar-refractivity contribution in [1.29, 1.82) is 0 Å². The van der Waals surface area contributed by atoms with E-state index in [-0.39, 0.29) is 0 Å². The number of benzene rings is 1. The van der Waals surface area contributed by atoms with Crippen LogP contribution in [0.25, 0.3) is 0 Å². The van der Waals surface area contributed by atoms with Crippen LogP contribution in [0.5, 0.6) is 0 Å². The first-order valence-electron chi connectivity index (χ1n) is 7.54. The minimum Gasteiger partial charge on any atom is -0.372 e. The van der Waals surface area contributed by atoms with Gasteiger partial charge in [-0.05, 0) is 44.4 Å². The first-order chi connectivity index (χ1) is 9.61. The van der Waals surface area contributed by atoms with E-state index in [1.807, 2.05) is 0 Å². The van der Waals surface area contributed by atoms with Crippen LogP contribution < -0.4 is 10.2 Å². The molecule has 1 aliphatic heterocycles. The van der Waals surface area contributed by atoms with E-state index in [0.29, 0.717) is 12.2 Å². The first kappa shape index (κ1) is 14.4. The Morgan fingerprint density at radius 1 is 1.25 bits per heavy atom. The number of rotatable bonds is 4. The zero-order valence-corrected chi connectivity index (χ0v) is 13.8. The lowest BCUT2D eigenvalue weighted by Gasteiger charge is -2.37. The van der Waals surface area contributed by atoms with Crippen LogP contribution in [0.4, 0.5) is 5.69 Å². The van der Waals surface area contributed by atoms with E-state index in [2.05, 4.69) is 58.2 Å². The second-order valence-corrected chi connectivity index (χ2v) is 6.95. The van der Waals surface area contributed by atoms with Gasteiger partial charge in [-0.3, -0.25) is 0 Å². The molecule has 2 fully saturated rings. The monoisotopic (exact) mass is 338 g/mol. The van der Waals surface area contributed by atoms with Crippen LogP contribution in [0.1, 0.15) is 32.3 Å². The molecule has 1 saturated heterocycles. The molecule has 1 heterocycles. The molecule has 1 aromatic carbocycles. The number of nitrogens with zero attached hydrogens (tertiary/aromatic N) is 1. The summed E-state index contributed by atoms with van der Waals surface area (Å²) < 4.78 is 7.00. The van der Waals surface area contributed by atoms with Gasteiger partial charge in [0.1, 0.15) is 0 Å². The summed E-state index contributed by atoms with van der Waals surface area (Å²) in [5.41, 5.74) is 2.63. The number of halogens is 1. The number of hydrogen-bond acceptors (Lipinski definition) is 3. The molecular formula is C16H23BrN2O. The highest BCUT2D eigenvalue weighted by atomic mass is 79.9. The van der Waals surface area contributed by atoms with E-state index in [4.69, 9.17) is 4.74 Å². The van der Waals surface area contributed by atoms with Crippen molar-refractivity contribution < 1.29 is 4.74 Å². The van der Waals surface area contributed by atoms with Crippen LogP contribution in [0.2, 0.25) is 0 Å². The third kappa shape index (κ3) is 3.54. The second-order valence-electron chi connectivity index (χ2n) is 6.09. The average molecular weight is 339 g/mol. The van der Waals surface area contributed by atoms with Gasteiger partial charge in [0.15, 0.2) is 0 Å². The first-order valence-corrected chi connectivity index (χ1v) is 8.33. The van der Waals surface area contributed by atoms with Gasteiger partial charge < -0.3 is 15.0 Å². The molecule has 1 aliphatic carbocycles. The molecule has 2 aliphatic rings. The predicted octanol–water partition coefficient (Wildman–Crippen LogP) is 3.31. The fourth-order valence-corrected chi connectivity index (χ4v) is 3.31. The Bertz CT molecular complexity index is 466. The smallest absolute Gasteiger partial charge is 0.0726 e. The fourth-order valence-electron chi connectivity index (χ4n) is 2.81. The van der Waals surface area contributed by atoms with E-state index in [1.54, 1.807) is 0 Å². The number of morpholine rings is 1. The van der Waals surface area contributed by atoms with Crippen molar-refractivity contribution in [2.24, 2.45) is 0 Å². The van der Waals surface area contributed by atoms with Crippen molar-refractivity contribution >= 4 is 21.6 Å². The molecule has 0 unspecified atom stereocenters. The van der Waals surface area contributed by atoms with Gasteiger partial charge in [0.05, 0.1) is 12.2 Å². The normalized spacial score (nSPS) is 26.9. The van der Waals surface area contributed by atoms with Crippen LogP contribution >= 0.6 is 15.9 Å². The lowest BCUT2D eigenvalue weighted by atomic mass is 10.1. The van der Waals surface area contributed by atoms with Gasteiger partial charge in [0, 0.05) is 35.8 Å².